The zero-order valence-electron chi connectivity index (χ0n) is 22.5. The first-order chi connectivity index (χ1) is 19.0. The Balaban J connectivity index is 1.36. The lowest BCUT2D eigenvalue weighted by Crippen LogP contribution is -2.36. The number of nitrogens with zero attached hydrogens (tertiary/aromatic N) is 2. The summed E-state index contributed by atoms with van der Waals surface area (Å²) in [6.07, 6.45) is 1.12. The predicted octanol–water partition coefficient (Wildman–Crippen LogP) is 5.32. The van der Waals surface area contributed by atoms with Crippen LogP contribution in [0.4, 0.5) is 5.69 Å². The average Bonchev–Trinajstić information content (AvgIpc) is 3.42. The van der Waals surface area contributed by atoms with Gasteiger partial charge in [-0.15, -0.1) is 0 Å². The standard InChI is InChI=1S/C31H34N2O6/c1-4-6-18-37-24-15-13-23(14-16-24)33-30(34)27-28(32(3)39-29(27)31(33)35)22-12-17-25(26(19-22)36-5-2)38-20-21-10-8-7-9-11-21/h7-17,19,27-29H,4-6,18,20H2,1-3H3/t27-,28+,29-/m0/s1. The number of anilines is 1. The van der Waals surface area contributed by atoms with Crippen molar-refractivity contribution in [3.05, 3.63) is 83.9 Å². The summed E-state index contributed by atoms with van der Waals surface area (Å²) < 4.78 is 17.7. The highest BCUT2D eigenvalue weighted by molar-refractivity contribution is 6.23. The third-order valence-electron chi connectivity index (χ3n) is 7.02. The fourth-order valence-electron chi connectivity index (χ4n) is 5.08. The van der Waals surface area contributed by atoms with Crippen LogP contribution < -0.4 is 19.1 Å². The lowest BCUT2D eigenvalue weighted by molar-refractivity contribution is -0.160. The fraction of sp³-hybridized carbons (Fsp3) is 0.355. The molecule has 2 heterocycles. The Morgan fingerprint density at radius 3 is 2.33 bits per heavy atom. The summed E-state index contributed by atoms with van der Waals surface area (Å²) in [5.74, 6) is 0.550. The number of hydrogen-bond donors (Lipinski definition) is 0. The van der Waals surface area contributed by atoms with E-state index in [9.17, 15) is 9.59 Å². The van der Waals surface area contributed by atoms with Crippen LogP contribution in [0.5, 0.6) is 17.2 Å². The van der Waals surface area contributed by atoms with Gasteiger partial charge in [0.25, 0.3) is 5.91 Å². The molecule has 2 aliphatic rings. The summed E-state index contributed by atoms with van der Waals surface area (Å²) in [4.78, 5) is 34.2. The molecule has 0 spiro atoms. The Hall–Kier alpha value is -3.88. The summed E-state index contributed by atoms with van der Waals surface area (Å²) >= 11 is 0. The molecule has 0 aliphatic carbocycles. The third-order valence-corrected chi connectivity index (χ3v) is 7.02. The van der Waals surface area contributed by atoms with Crippen molar-refractivity contribution in [2.75, 3.05) is 25.2 Å². The van der Waals surface area contributed by atoms with E-state index in [0.29, 0.717) is 42.8 Å². The molecule has 8 heteroatoms. The van der Waals surface area contributed by atoms with Crippen molar-refractivity contribution >= 4 is 17.5 Å². The number of hydroxylamine groups is 2. The minimum atomic E-state index is -0.891. The number of unbranched alkanes of at least 4 members (excludes halogenated alkanes) is 1. The van der Waals surface area contributed by atoms with Crippen LogP contribution in [0, 0.1) is 5.92 Å². The molecule has 0 unspecified atom stereocenters. The SMILES string of the molecule is CCCCOc1ccc(N2C(=O)[C@@H]3[C@H](ON(C)[C@@H]3c3ccc(OCc4ccccc4)c(OCC)c3)C2=O)cc1. The first-order valence-electron chi connectivity index (χ1n) is 13.5. The summed E-state index contributed by atoms with van der Waals surface area (Å²) in [5, 5.41) is 1.60. The van der Waals surface area contributed by atoms with Crippen LogP contribution in [0.25, 0.3) is 0 Å². The predicted molar refractivity (Wildman–Crippen MR) is 147 cm³/mol. The highest BCUT2D eigenvalue weighted by atomic mass is 16.7. The van der Waals surface area contributed by atoms with Crippen molar-refractivity contribution in [3.8, 4) is 17.2 Å². The summed E-state index contributed by atoms with van der Waals surface area (Å²) in [6, 6.07) is 22.1. The van der Waals surface area contributed by atoms with Gasteiger partial charge in [0.05, 0.1) is 30.9 Å². The normalized spacial score (nSPS) is 20.8. The fourth-order valence-corrected chi connectivity index (χ4v) is 5.08. The van der Waals surface area contributed by atoms with E-state index in [0.717, 1.165) is 24.0 Å². The second-order valence-corrected chi connectivity index (χ2v) is 9.66. The summed E-state index contributed by atoms with van der Waals surface area (Å²) in [5.41, 5.74) is 2.36. The Bertz CT molecular complexity index is 1300. The van der Waals surface area contributed by atoms with Gasteiger partial charge in [0.1, 0.15) is 12.4 Å². The molecule has 3 aromatic carbocycles. The smallest absolute Gasteiger partial charge is 0.265 e. The van der Waals surface area contributed by atoms with Gasteiger partial charge in [-0.2, -0.15) is 5.06 Å². The van der Waals surface area contributed by atoms with Gasteiger partial charge in [-0.05, 0) is 60.9 Å². The van der Waals surface area contributed by atoms with Crippen LogP contribution >= 0.6 is 0 Å². The Morgan fingerprint density at radius 2 is 1.62 bits per heavy atom. The van der Waals surface area contributed by atoms with Crippen LogP contribution in [0.1, 0.15) is 43.9 Å². The van der Waals surface area contributed by atoms with Crippen LogP contribution in [0.15, 0.2) is 72.8 Å². The summed E-state index contributed by atoms with van der Waals surface area (Å²) in [6.45, 7) is 5.50. The third kappa shape index (κ3) is 5.48. The molecule has 2 saturated heterocycles. The lowest BCUT2D eigenvalue weighted by atomic mass is 9.91. The molecule has 0 radical (unpaired) electrons. The Morgan fingerprint density at radius 1 is 0.846 bits per heavy atom. The van der Waals surface area contributed by atoms with Crippen molar-refractivity contribution in [1.29, 1.82) is 0 Å². The highest BCUT2D eigenvalue weighted by Gasteiger charge is 2.59. The van der Waals surface area contributed by atoms with E-state index < -0.39 is 18.1 Å². The Labute approximate surface area is 229 Å². The number of carbonyl (C=O) groups is 2. The highest BCUT2D eigenvalue weighted by Crippen LogP contribution is 2.46. The number of imide groups is 1. The molecule has 3 atom stereocenters. The number of amides is 2. The van der Waals surface area contributed by atoms with Gasteiger partial charge in [-0.3, -0.25) is 14.4 Å². The molecule has 2 fully saturated rings. The van der Waals surface area contributed by atoms with Gasteiger partial charge < -0.3 is 14.2 Å². The molecule has 0 bridgehead atoms. The van der Waals surface area contributed by atoms with E-state index in [-0.39, 0.29) is 11.8 Å². The van der Waals surface area contributed by atoms with Gasteiger partial charge >= 0.3 is 0 Å². The number of carbonyl (C=O) groups excluding carboxylic acids is 2. The maximum absolute atomic E-state index is 13.7. The zero-order valence-corrected chi connectivity index (χ0v) is 22.5. The minimum Gasteiger partial charge on any atom is -0.494 e. The van der Waals surface area contributed by atoms with Gasteiger partial charge in [-0.25, -0.2) is 4.90 Å². The molecular formula is C31H34N2O6. The molecule has 0 N–H and O–H groups in total. The second-order valence-electron chi connectivity index (χ2n) is 9.66. The monoisotopic (exact) mass is 530 g/mol. The van der Waals surface area contributed by atoms with E-state index in [1.165, 1.54) is 4.90 Å². The van der Waals surface area contributed by atoms with E-state index >= 15 is 0 Å². The van der Waals surface area contributed by atoms with Crippen molar-refractivity contribution in [1.82, 2.24) is 5.06 Å². The number of ether oxygens (including phenoxy) is 3. The van der Waals surface area contributed by atoms with Crippen LogP contribution in [0.3, 0.4) is 0 Å². The molecule has 0 saturated carbocycles. The molecule has 5 rings (SSSR count). The lowest BCUT2D eigenvalue weighted by Gasteiger charge is -2.25. The number of fused-ring (bicyclic) bond motifs is 1. The van der Waals surface area contributed by atoms with Gasteiger partial charge in [0, 0.05) is 7.05 Å². The first kappa shape index (κ1) is 26.7. The van der Waals surface area contributed by atoms with E-state index in [1.807, 2.05) is 55.5 Å². The van der Waals surface area contributed by atoms with Gasteiger partial charge in [-0.1, -0.05) is 49.7 Å². The molecule has 3 aromatic rings. The van der Waals surface area contributed by atoms with Gasteiger partial charge in [0.2, 0.25) is 5.91 Å². The van der Waals surface area contributed by atoms with Gasteiger partial charge in [0.15, 0.2) is 17.6 Å². The van der Waals surface area contributed by atoms with Crippen molar-refractivity contribution in [2.45, 2.75) is 45.4 Å². The second kappa shape index (κ2) is 11.9. The molecule has 8 nitrogen and oxygen atoms in total. The van der Waals surface area contributed by atoms with E-state index in [4.69, 9.17) is 19.0 Å². The van der Waals surface area contributed by atoms with E-state index in [1.54, 1.807) is 36.4 Å². The largest absolute Gasteiger partial charge is 0.494 e. The maximum atomic E-state index is 13.7. The maximum Gasteiger partial charge on any atom is 0.265 e. The average molecular weight is 531 g/mol. The number of benzene rings is 3. The molecule has 2 amide bonds. The van der Waals surface area contributed by atoms with Crippen LogP contribution in [-0.2, 0) is 21.0 Å². The first-order valence-corrected chi connectivity index (χ1v) is 13.5. The minimum absolute atomic E-state index is 0.290. The molecule has 204 valence electrons. The molecule has 39 heavy (non-hydrogen) atoms. The number of rotatable bonds is 11. The quantitative estimate of drug-likeness (QED) is 0.245. The topological polar surface area (TPSA) is 77.5 Å². The van der Waals surface area contributed by atoms with Crippen molar-refractivity contribution in [3.63, 3.8) is 0 Å². The van der Waals surface area contributed by atoms with Crippen LogP contribution in [-0.4, -0.2) is 43.2 Å². The molecule has 2 aliphatic heterocycles. The van der Waals surface area contributed by atoms with E-state index in [2.05, 4.69) is 6.92 Å². The van der Waals surface area contributed by atoms with Crippen molar-refractivity contribution < 1.29 is 28.6 Å². The molecular weight excluding hydrogens is 496 g/mol. The summed E-state index contributed by atoms with van der Waals surface area (Å²) in [7, 11) is 1.75. The Kier molecular flexibility index (Phi) is 8.14. The zero-order chi connectivity index (χ0) is 27.4. The van der Waals surface area contributed by atoms with Crippen LogP contribution in [0.2, 0.25) is 0 Å². The molecule has 0 aromatic heterocycles. The number of hydrogen-bond acceptors (Lipinski definition) is 7. The van der Waals surface area contributed by atoms with Crippen molar-refractivity contribution in [2.24, 2.45) is 5.92 Å².